The molecule has 1 aromatic carbocycles. The Bertz CT molecular complexity index is 437. The van der Waals surface area contributed by atoms with E-state index in [2.05, 4.69) is 17.6 Å². The lowest BCUT2D eigenvalue weighted by Gasteiger charge is -2.14. The predicted molar refractivity (Wildman–Crippen MR) is 70.6 cm³/mol. The second-order valence-corrected chi connectivity index (χ2v) is 5.17. The van der Waals surface area contributed by atoms with Crippen LogP contribution in [0.15, 0.2) is 18.2 Å². The van der Waals surface area contributed by atoms with Gasteiger partial charge in [-0.1, -0.05) is 30.1 Å². The minimum Gasteiger partial charge on any atom is -0.326 e. The van der Waals surface area contributed by atoms with E-state index >= 15 is 0 Å². The predicted octanol–water partition coefficient (Wildman–Crippen LogP) is 2.79. The average Bonchev–Trinajstić information content (AvgIpc) is 2.70. The van der Waals surface area contributed by atoms with Gasteiger partial charge in [-0.25, -0.2) is 0 Å². The normalized spacial score (nSPS) is 23.7. The van der Waals surface area contributed by atoms with E-state index in [4.69, 9.17) is 23.2 Å². The van der Waals surface area contributed by atoms with E-state index in [1.807, 2.05) is 0 Å². The molecule has 5 heteroatoms. The molecule has 1 saturated heterocycles. The molecule has 17 heavy (non-hydrogen) atoms. The fraction of sp³-hybridized carbons (Fsp3) is 0.417. The van der Waals surface area contributed by atoms with Crippen LogP contribution in [-0.4, -0.2) is 19.0 Å². The molecule has 0 bridgehead atoms. The molecule has 1 amide bonds. The highest BCUT2D eigenvalue weighted by Gasteiger charge is 2.29. The van der Waals surface area contributed by atoms with Gasteiger partial charge < -0.3 is 10.6 Å². The maximum Gasteiger partial charge on any atom is 0.229 e. The molecule has 1 heterocycles. The summed E-state index contributed by atoms with van der Waals surface area (Å²) in [4.78, 5) is 12.0. The first-order chi connectivity index (χ1) is 8.08. The smallest absolute Gasteiger partial charge is 0.229 e. The minimum absolute atomic E-state index is 0.0180. The summed E-state index contributed by atoms with van der Waals surface area (Å²) in [6.07, 6.45) is 0. The summed E-state index contributed by atoms with van der Waals surface area (Å²) in [5.74, 6) is 0.406. The molecule has 0 aliphatic carbocycles. The Labute approximate surface area is 110 Å². The number of carbonyl (C=O) groups is 1. The lowest BCUT2D eigenvalue weighted by atomic mass is 9.97. The van der Waals surface area contributed by atoms with Gasteiger partial charge in [0.25, 0.3) is 0 Å². The van der Waals surface area contributed by atoms with Gasteiger partial charge in [0, 0.05) is 12.2 Å². The largest absolute Gasteiger partial charge is 0.326 e. The van der Waals surface area contributed by atoms with Crippen molar-refractivity contribution in [3.05, 3.63) is 28.2 Å². The van der Waals surface area contributed by atoms with Crippen LogP contribution < -0.4 is 10.6 Å². The Morgan fingerprint density at radius 2 is 2.12 bits per heavy atom. The molecule has 2 N–H and O–H groups in total. The van der Waals surface area contributed by atoms with E-state index in [1.54, 1.807) is 18.2 Å². The van der Waals surface area contributed by atoms with Crippen molar-refractivity contribution in [2.45, 2.75) is 6.92 Å². The maximum atomic E-state index is 12.0. The summed E-state index contributed by atoms with van der Waals surface area (Å²) in [7, 11) is 0. The third-order valence-corrected chi connectivity index (χ3v) is 3.78. The topological polar surface area (TPSA) is 41.1 Å². The van der Waals surface area contributed by atoms with Gasteiger partial charge in [-0.15, -0.1) is 0 Å². The number of amides is 1. The zero-order valence-electron chi connectivity index (χ0n) is 9.47. The third kappa shape index (κ3) is 2.92. The van der Waals surface area contributed by atoms with Gasteiger partial charge in [0.2, 0.25) is 5.91 Å². The highest BCUT2D eigenvalue weighted by molar-refractivity contribution is 6.42. The van der Waals surface area contributed by atoms with Gasteiger partial charge in [0.15, 0.2) is 0 Å². The first-order valence-electron chi connectivity index (χ1n) is 5.54. The summed E-state index contributed by atoms with van der Waals surface area (Å²) in [5, 5.41) is 6.99. The Balaban J connectivity index is 2.05. The van der Waals surface area contributed by atoms with Gasteiger partial charge in [0.1, 0.15) is 0 Å². The molecule has 0 aromatic heterocycles. The second kappa shape index (κ2) is 5.25. The lowest BCUT2D eigenvalue weighted by Crippen LogP contribution is -2.27. The molecule has 3 nitrogen and oxygen atoms in total. The van der Waals surface area contributed by atoms with E-state index in [0.29, 0.717) is 21.7 Å². The third-order valence-electron chi connectivity index (χ3n) is 3.04. The van der Waals surface area contributed by atoms with Gasteiger partial charge in [-0.2, -0.15) is 0 Å². The molecule has 2 atom stereocenters. The van der Waals surface area contributed by atoms with Crippen molar-refractivity contribution >= 4 is 34.8 Å². The number of halogens is 2. The molecule has 0 unspecified atom stereocenters. The quantitative estimate of drug-likeness (QED) is 0.870. The summed E-state index contributed by atoms with van der Waals surface area (Å²) >= 11 is 11.7. The van der Waals surface area contributed by atoms with Crippen LogP contribution in [0.3, 0.4) is 0 Å². The van der Waals surface area contributed by atoms with E-state index in [0.717, 1.165) is 13.1 Å². The summed E-state index contributed by atoms with van der Waals surface area (Å²) in [6.45, 7) is 3.69. The van der Waals surface area contributed by atoms with Crippen LogP contribution >= 0.6 is 23.2 Å². The zero-order chi connectivity index (χ0) is 12.4. The van der Waals surface area contributed by atoms with Crippen LogP contribution in [-0.2, 0) is 4.79 Å². The van der Waals surface area contributed by atoms with Gasteiger partial charge in [-0.05, 0) is 30.7 Å². The SMILES string of the molecule is C[C@@H]1CNC[C@H]1C(=O)Nc1ccc(Cl)c(Cl)c1. The second-order valence-electron chi connectivity index (χ2n) is 4.36. The minimum atomic E-state index is 0.0180. The number of anilines is 1. The van der Waals surface area contributed by atoms with Crippen molar-refractivity contribution in [2.75, 3.05) is 18.4 Å². The average molecular weight is 273 g/mol. The van der Waals surface area contributed by atoms with E-state index in [9.17, 15) is 4.79 Å². The highest BCUT2D eigenvalue weighted by atomic mass is 35.5. The number of carbonyl (C=O) groups excluding carboxylic acids is 1. The van der Waals surface area contributed by atoms with Crippen LogP contribution in [0.25, 0.3) is 0 Å². The standard InChI is InChI=1S/C12H14Cl2N2O/c1-7-5-15-6-9(7)12(17)16-8-2-3-10(13)11(14)4-8/h2-4,7,9,15H,5-6H2,1H3,(H,16,17)/t7-,9-/m1/s1. The van der Waals surface area contributed by atoms with Crippen molar-refractivity contribution < 1.29 is 4.79 Å². The van der Waals surface area contributed by atoms with Gasteiger partial charge in [0.05, 0.1) is 16.0 Å². The number of rotatable bonds is 2. The Morgan fingerprint density at radius 1 is 1.35 bits per heavy atom. The molecular weight excluding hydrogens is 259 g/mol. The van der Waals surface area contributed by atoms with Crippen molar-refractivity contribution in [2.24, 2.45) is 11.8 Å². The molecule has 2 rings (SSSR count). The fourth-order valence-corrected chi connectivity index (χ4v) is 2.27. The number of hydrogen-bond donors (Lipinski definition) is 2. The number of benzene rings is 1. The monoisotopic (exact) mass is 272 g/mol. The molecular formula is C12H14Cl2N2O. The Morgan fingerprint density at radius 3 is 2.71 bits per heavy atom. The molecule has 1 fully saturated rings. The molecule has 1 aliphatic heterocycles. The van der Waals surface area contributed by atoms with E-state index in [-0.39, 0.29) is 11.8 Å². The van der Waals surface area contributed by atoms with Crippen LogP contribution in [0.2, 0.25) is 10.0 Å². The van der Waals surface area contributed by atoms with E-state index in [1.165, 1.54) is 0 Å². The molecule has 92 valence electrons. The molecule has 1 aromatic rings. The number of hydrogen-bond acceptors (Lipinski definition) is 2. The summed E-state index contributed by atoms with van der Waals surface area (Å²) < 4.78 is 0. The highest BCUT2D eigenvalue weighted by Crippen LogP contribution is 2.26. The molecule has 1 aliphatic rings. The van der Waals surface area contributed by atoms with Crippen LogP contribution in [0.5, 0.6) is 0 Å². The maximum absolute atomic E-state index is 12.0. The first-order valence-corrected chi connectivity index (χ1v) is 6.30. The van der Waals surface area contributed by atoms with Crippen LogP contribution in [0.4, 0.5) is 5.69 Å². The van der Waals surface area contributed by atoms with E-state index < -0.39 is 0 Å². The molecule has 0 spiro atoms. The van der Waals surface area contributed by atoms with Crippen molar-refractivity contribution in [1.29, 1.82) is 0 Å². The fourth-order valence-electron chi connectivity index (χ4n) is 1.97. The van der Waals surface area contributed by atoms with Crippen molar-refractivity contribution in [1.82, 2.24) is 5.32 Å². The first kappa shape index (κ1) is 12.7. The summed E-state index contributed by atoms with van der Waals surface area (Å²) in [5.41, 5.74) is 0.684. The van der Waals surface area contributed by atoms with Crippen LogP contribution in [0, 0.1) is 11.8 Å². The molecule has 0 radical (unpaired) electrons. The van der Waals surface area contributed by atoms with Crippen molar-refractivity contribution in [3.63, 3.8) is 0 Å². The number of nitrogens with one attached hydrogen (secondary N) is 2. The van der Waals surface area contributed by atoms with Crippen molar-refractivity contribution in [3.8, 4) is 0 Å². The summed E-state index contributed by atoms with van der Waals surface area (Å²) in [6, 6.07) is 5.09. The zero-order valence-corrected chi connectivity index (χ0v) is 11.0. The lowest BCUT2D eigenvalue weighted by molar-refractivity contribution is -0.120. The molecule has 0 saturated carbocycles. The Hall–Kier alpha value is -0.770. The van der Waals surface area contributed by atoms with Gasteiger partial charge >= 0.3 is 0 Å². The van der Waals surface area contributed by atoms with Gasteiger partial charge in [-0.3, -0.25) is 4.79 Å². The van der Waals surface area contributed by atoms with Crippen LogP contribution in [0.1, 0.15) is 6.92 Å². The Kier molecular flexibility index (Phi) is 3.92.